The van der Waals surface area contributed by atoms with Gasteiger partial charge in [-0.25, -0.2) is 4.98 Å². The van der Waals surface area contributed by atoms with Gasteiger partial charge in [-0.15, -0.1) is 0 Å². The fourth-order valence-corrected chi connectivity index (χ4v) is 2.81. The molecule has 0 fully saturated rings. The van der Waals surface area contributed by atoms with Crippen LogP contribution in [0, 0.1) is 0 Å². The predicted molar refractivity (Wildman–Crippen MR) is 104 cm³/mol. The number of carbonyl (C=O) groups is 1. The smallest absolute Gasteiger partial charge is 0.256 e. The number of aryl methyl sites for hydroxylation is 1. The van der Waals surface area contributed by atoms with Crippen LogP contribution in [-0.2, 0) is 20.1 Å². The number of rotatable bonds is 7. The van der Waals surface area contributed by atoms with E-state index in [1.54, 1.807) is 18.5 Å². The Hall–Kier alpha value is -3.06. The van der Waals surface area contributed by atoms with Crippen LogP contribution < -0.4 is 5.32 Å². The molecule has 0 spiro atoms. The zero-order chi connectivity index (χ0) is 19.2. The lowest BCUT2D eigenvalue weighted by Gasteiger charge is -2.26. The molecule has 2 aromatic heterocycles. The SMILES string of the molecule is CC(C)N(Cc1cccc(C(=O)Nc2cnccn2)c1)Cc1cnn(C)c1. The number of carbonyl (C=O) groups excluding carboxylic acids is 1. The van der Waals surface area contributed by atoms with Gasteiger partial charge in [-0.3, -0.25) is 19.4 Å². The monoisotopic (exact) mass is 364 g/mol. The number of hydrogen-bond donors (Lipinski definition) is 1. The van der Waals surface area contributed by atoms with Gasteiger partial charge in [-0.2, -0.15) is 5.10 Å². The molecular formula is C20H24N6O. The fourth-order valence-electron chi connectivity index (χ4n) is 2.81. The van der Waals surface area contributed by atoms with Crippen LogP contribution in [0.5, 0.6) is 0 Å². The number of benzene rings is 1. The summed E-state index contributed by atoms with van der Waals surface area (Å²) in [6.45, 7) is 5.89. The number of amides is 1. The Morgan fingerprint density at radius 1 is 1.19 bits per heavy atom. The van der Waals surface area contributed by atoms with Crippen molar-refractivity contribution in [3.63, 3.8) is 0 Å². The van der Waals surface area contributed by atoms with Crippen LogP contribution in [0.3, 0.4) is 0 Å². The molecule has 0 aliphatic heterocycles. The summed E-state index contributed by atoms with van der Waals surface area (Å²) in [4.78, 5) is 22.9. The third-order valence-corrected chi connectivity index (χ3v) is 4.25. The van der Waals surface area contributed by atoms with E-state index < -0.39 is 0 Å². The largest absolute Gasteiger partial charge is 0.305 e. The van der Waals surface area contributed by atoms with Gasteiger partial charge in [0.2, 0.25) is 0 Å². The third-order valence-electron chi connectivity index (χ3n) is 4.25. The van der Waals surface area contributed by atoms with E-state index in [0.29, 0.717) is 17.4 Å². The Labute approximate surface area is 159 Å². The number of anilines is 1. The lowest BCUT2D eigenvalue weighted by atomic mass is 10.1. The first-order chi connectivity index (χ1) is 13.0. The van der Waals surface area contributed by atoms with Gasteiger partial charge in [-0.1, -0.05) is 12.1 Å². The molecule has 1 amide bonds. The summed E-state index contributed by atoms with van der Waals surface area (Å²) in [5, 5.41) is 7.01. The van der Waals surface area contributed by atoms with Gasteiger partial charge in [0.15, 0.2) is 5.82 Å². The van der Waals surface area contributed by atoms with Crippen LogP contribution >= 0.6 is 0 Å². The first-order valence-electron chi connectivity index (χ1n) is 8.89. The highest BCUT2D eigenvalue weighted by atomic mass is 16.1. The molecule has 3 aromatic rings. The molecule has 0 unspecified atom stereocenters. The quantitative estimate of drug-likeness (QED) is 0.698. The molecule has 0 aliphatic carbocycles. The van der Waals surface area contributed by atoms with E-state index in [1.807, 2.05) is 42.3 Å². The minimum atomic E-state index is -0.194. The zero-order valence-corrected chi connectivity index (χ0v) is 15.8. The molecule has 2 heterocycles. The highest BCUT2D eigenvalue weighted by Gasteiger charge is 2.14. The molecule has 3 rings (SSSR count). The number of nitrogens with zero attached hydrogens (tertiary/aromatic N) is 5. The van der Waals surface area contributed by atoms with Crippen LogP contribution in [0.1, 0.15) is 35.3 Å². The van der Waals surface area contributed by atoms with Crippen LogP contribution in [0.4, 0.5) is 5.82 Å². The molecule has 1 N–H and O–H groups in total. The average Bonchev–Trinajstić information content (AvgIpc) is 3.07. The van der Waals surface area contributed by atoms with Crippen molar-refractivity contribution in [3.8, 4) is 0 Å². The van der Waals surface area contributed by atoms with Crippen molar-refractivity contribution in [2.24, 2.45) is 7.05 Å². The second kappa shape index (κ2) is 8.55. The molecular weight excluding hydrogens is 340 g/mol. The molecule has 0 saturated heterocycles. The van der Waals surface area contributed by atoms with Crippen LogP contribution in [0.2, 0.25) is 0 Å². The number of nitrogens with one attached hydrogen (secondary N) is 1. The third kappa shape index (κ3) is 5.21. The standard InChI is InChI=1S/C20H24N6O/c1-15(2)26(14-17-10-23-25(3)12-17)13-16-5-4-6-18(9-16)20(27)24-19-11-21-7-8-22-19/h4-12,15H,13-14H2,1-3H3,(H,22,24,27). The van der Waals surface area contributed by atoms with E-state index in [9.17, 15) is 4.79 Å². The van der Waals surface area contributed by atoms with Gasteiger partial charge >= 0.3 is 0 Å². The fraction of sp³-hybridized carbons (Fsp3) is 0.300. The van der Waals surface area contributed by atoms with Crippen molar-refractivity contribution >= 4 is 11.7 Å². The second-order valence-corrected chi connectivity index (χ2v) is 6.77. The van der Waals surface area contributed by atoms with Gasteiger partial charge in [0, 0.05) is 55.9 Å². The van der Waals surface area contributed by atoms with Crippen LogP contribution in [0.25, 0.3) is 0 Å². The van der Waals surface area contributed by atoms with Gasteiger partial charge in [0.1, 0.15) is 0 Å². The maximum Gasteiger partial charge on any atom is 0.256 e. The summed E-state index contributed by atoms with van der Waals surface area (Å²) in [5.41, 5.74) is 2.85. The van der Waals surface area contributed by atoms with Crippen LogP contribution in [0.15, 0.2) is 55.2 Å². The minimum absolute atomic E-state index is 0.194. The number of hydrogen-bond acceptors (Lipinski definition) is 5. The maximum absolute atomic E-state index is 12.5. The second-order valence-electron chi connectivity index (χ2n) is 6.77. The highest BCUT2D eigenvalue weighted by molar-refractivity contribution is 6.03. The molecule has 27 heavy (non-hydrogen) atoms. The average molecular weight is 364 g/mol. The molecule has 140 valence electrons. The Balaban J connectivity index is 1.70. The van der Waals surface area contributed by atoms with E-state index >= 15 is 0 Å². The van der Waals surface area contributed by atoms with Gasteiger partial charge in [0.25, 0.3) is 5.91 Å². The van der Waals surface area contributed by atoms with Crippen molar-refractivity contribution in [1.29, 1.82) is 0 Å². The summed E-state index contributed by atoms with van der Waals surface area (Å²) < 4.78 is 1.81. The summed E-state index contributed by atoms with van der Waals surface area (Å²) in [6.07, 6.45) is 8.56. The highest BCUT2D eigenvalue weighted by Crippen LogP contribution is 2.15. The summed E-state index contributed by atoms with van der Waals surface area (Å²) in [6, 6.07) is 8.03. The first-order valence-corrected chi connectivity index (χ1v) is 8.89. The molecule has 0 aliphatic rings. The number of aromatic nitrogens is 4. The predicted octanol–water partition coefficient (Wildman–Crippen LogP) is 2.87. The van der Waals surface area contributed by atoms with E-state index in [-0.39, 0.29) is 5.91 Å². The minimum Gasteiger partial charge on any atom is -0.305 e. The van der Waals surface area contributed by atoms with Crippen LogP contribution in [-0.4, -0.2) is 36.6 Å². The van der Waals surface area contributed by atoms with Crippen molar-refractivity contribution in [1.82, 2.24) is 24.6 Å². The Morgan fingerprint density at radius 2 is 2.00 bits per heavy atom. The summed E-state index contributed by atoms with van der Waals surface area (Å²) >= 11 is 0. The molecule has 0 atom stereocenters. The Kier molecular flexibility index (Phi) is 5.93. The van der Waals surface area contributed by atoms with E-state index in [2.05, 4.69) is 39.1 Å². The lowest BCUT2D eigenvalue weighted by Crippen LogP contribution is -2.29. The molecule has 7 nitrogen and oxygen atoms in total. The first kappa shape index (κ1) is 18.7. The maximum atomic E-state index is 12.5. The molecule has 0 saturated carbocycles. The Morgan fingerprint density at radius 3 is 2.67 bits per heavy atom. The summed E-state index contributed by atoms with van der Waals surface area (Å²) in [7, 11) is 1.92. The lowest BCUT2D eigenvalue weighted by molar-refractivity contribution is 0.102. The van der Waals surface area contributed by atoms with Crippen molar-refractivity contribution in [3.05, 3.63) is 71.9 Å². The molecule has 1 aromatic carbocycles. The van der Waals surface area contributed by atoms with Gasteiger partial charge < -0.3 is 5.32 Å². The molecule has 7 heteroatoms. The van der Waals surface area contributed by atoms with Crippen molar-refractivity contribution < 1.29 is 4.79 Å². The Bertz CT molecular complexity index is 890. The van der Waals surface area contributed by atoms with Gasteiger partial charge in [0.05, 0.1) is 12.4 Å². The topological polar surface area (TPSA) is 75.9 Å². The van der Waals surface area contributed by atoms with E-state index in [1.165, 1.54) is 11.8 Å². The van der Waals surface area contributed by atoms with Crippen molar-refractivity contribution in [2.45, 2.75) is 33.0 Å². The molecule has 0 bridgehead atoms. The van der Waals surface area contributed by atoms with Crippen molar-refractivity contribution in [2.75, 3.05) is 5.32 Å². The van der Waals surface area contributed by atoms with E-state index in [0.717, 1.165) is 18.7 Å². The zero-order valence-electron chi connectivity index (χ0n) is 15.8. The van der Waals surface area contributed by atoms with Gasteiger partial charge in [-0.05, 0) is 31.5 Å². The van der Waals surface area contributed by atoms with E-state index in [4.69, 9.17) is 0 Å². The summed E-state index contributed by atoms with van der Waals surface area (Å²) in [5.74, 6) is 0.244. The normalized spacial score (nSPS) is 11.1. The molecule has 0 radical (unpaired) electrons.